The number of aliphatic hydroxyl groups is 1. The molecule has 0 aliphatic carbocycles. The van der Waals surface area contributed by atoms with Crippen LogP contribution in [0.5, 0.6) is 0 Å². The lowest BCUT2D eigenvalue weighted by Crippen LogP contribution is -2.41. The van der Waals surface area contributed by atoms with Crippen molar-refractivity contribution in [3.05, 3.63) is 0 Å². The number of carbonyl (C=O) groups excluding carboxylic acids is 2. The minimum atomic E-state index is -1.39. The maximum absolute atomic E-state index is 11.2. The van der Waals surface area contributed by atoms with Crippen LogP contribution in [0.15, 0.2) is 0 Å². The standard InChI is InChI=1S/C8H12O5/c1-12-8(11)7(10)5-4-13-3-2-6(5)9/h5,7,10H,2-4H2,1H3/t5-,7-/m0/s1. The van der Waals surface area contributed by atoms with Crippen LogP contribution in [0.25, 0.3) is 0 Å². The summed E-state index contributed by atoms with van der Waals surface area (Å²) in [6, 6.07) is 0. The highest BCUT2D eigenvalue weighted by Crippen LogP contribution is 2.14. The van der Waals surface area contributed by atoms with Crippen molar-refractivity contribution in [1.82, 2.24) is 0 Å². The summed E-state index contributed by atoms with van der Waals surface area (Å²) in [5.41, 5.74) is 0. The molecule has 0 bridgehead atoms. The van der Waals surface area contributed by atoms with Crippen LogP contribution < -0.4 is 0 Å². The van der Waals surface area contributed by atoms with E-state index in [-0.39, 0.29) is 18.8 Å². The van der Waals surface area contributed by atoms with E-state index in [2.05, 4.69) is 4.74 Å². The molecule has 5 nitrogen and oxygen atoms in total. The second-order valence-corrected chi connectivity index (χ2v) is 2.87. The zero-order valence-electron chi connectivity index (χ0n) is 7.36. The Bertz CT molecular complexity index is 213. The summed E-state index contributed by atoms with van der Waals surface area (Å²) in [5.74, 6) is -1.70. The number of hydrogen-bond acceptors (Lipinski definition) is 5. The fourth-order valence-electron chi connectivity index (χ4n) is 1.21. The Morgan fingerprint density at radius 1 is 1.77 bits per heavy atom. The Labute approximate surface area is 75.6 Å². The molecular weight excluding hydrogens is 176 g/mol. The molecule has 1 rings (SSSR count). The van der Waals surface area contributed by atoms with Gasteiger partial charge < -0.3 is 14.6 Å². The number of hydrogen-bond donors (Lipinski definition) is 1. The van der Waals surface area contributed by atoms with E-state index in [1.807, 2.05) is 0 Å². The van der Waals surface area contributed by atoms with Gasteiger partial charge >= 0.3 is 5.97 Å². The quantitative estimate of drug-likeness (QED) is 0.570. The predicted octanol–water partition coefficient (Wildman–Crippen LogP) is -0.874. The van der Waals surface area contributed by atoms with Crippen LogP contribution in [0.1, 0.15) is 6.42 Å². The third kappa shape index (κ3) is 2.26. The first-order chi connectivity index (χ1) is 6.16. The molecule has 0 aromatic rings. The average molecular weight is 188 g/mol. The number of rotatable bonds is 2. The summed E-state index contributed by atoms with van der Waals surface area (Å²) < 4.78 is 9.30. The molecule has 0 amide bonds. The molecule has 13 heavy (non-hydrogen) atoms. The van der Waals surface area contributed by atoms with Crippen LogP contribution in [0, 0.1) is 5.92 Å². The van der Waals surface area contributed by atoms with Gasteiger partial charge in [0.2, 0.25) is 0 Å². The highest BCUT2D eigenvalue weighted by atomic mass is 16.5. The number of ether oxygens (including phenoxy) is 2. The van der Waals surface area contributed by atoms with Crippen molar-refractivity contribution >= 4 is 11.8 Å². The molecule has 1 aliphatic rings. The minimum Gasteiger partial charge on any atom is -0.467 e. The monoisotopic (exact) mass is 188 g/mol. The summed E-state index contributed by atoms with van der Waals surface area (Å²) in [7, 11) is 1.17. The molecular formula is C8H12O5. The van der Waals surface area contributed by atoms with Crippen molar-refractivity contribution in [3.63, 3.8) is 0 Å². The topological polar surface area (TPSA) is 72.8 Å². The van der Waals surface area contributed by atoms with Gasteiger partial charge in [0.1, 0.15) is 5.78 Å². The van der Waals surface area contributed by atoms with Gasteiger partial charge in [0.05, 0.1) is 26.2 Å². The highest BCUT2D eigenvalue weighted by molar-refractivity contribution is 5.88. The number of ketones is 1. The molecule has 1 N–H and O–H groups in total. The second kappa shape index (κ2) is 4.34. The number of aliphatic hydroxyl groups excluding tert-OH is 1. The molecule has 74 valence electrons. The SMILES string of the molecule is COC(=O)[C@@H](O)[C@H]1COCCC1=O. The van der Waals surface area contributed by atoms with E-state index >= 15 is 0 Å². The van der Waals surface area contributed by atoms with Gasteiger partial charge in [0.15, 0.2) is 6.10 Å². The summed E-state index contributed by atoms with van der Waals surface area (Å²) in [4.78, 5) is 22.1. The van der Waals surface area contributed by atoms with Crippen LogP contribution in [-0.2, 0) is 19.1 Å². The molecule has 2 atom stereocenters. The van der Waals surface area contributed by atoms with Crippen molar-refractivity contribution in [2.75, 3.05) is 20.3 Å². The van der Waals surface area contributed by atoms with E-state index in [4.69, 9.17) is 4.74 Å². The molecule has 0 unspecified atom stereocenters. The van der Waals surface area contributed by atoms with Gasteiger partial charge in [-0.15, -0.1) is 0 Å². The lowest BCUT2D eigenvalue weighted by molar-refractivity contribution is -0.160. The average Bonchev–Trinajstić information content (AvgIpc) is 2.16. The highest BCUT2D eigenvalue weighted by Gasteiger charge is 2.34. The normalized spacial score (nSPS) is 25.4. The third-order valence-electron chi connectivity index (χ3n) is 2.03. The maximum Gasteiger partial charge on any atom is 0.335 e. The first-order valence-electron chi connectivity index (χ1n) is 4.03. The number of carbonyl (C=O) groups is 2. The van der Waals surface area contributed by atoms with E-state index in [9.17, 15) is 14.7 Å². The molecule has 1 heterocycles. The molecule has 0 saturated carbocycles. The number of methoxy groups -OCH3 is 1. The molecule has 0 spiro atoms. The third-order valence-corrected chi connectivity index (χ3v) is 2.03. The summed E-state index contributed by atoms with van der Waals surface area (Å²) in [6.45, 7) is 0.457. The predicted molar refractivity (Wildman–Crippen MR) is 42.0 cm³/mol. The van der Waals surface area contributed by atoms with Gasteiger partial charge in [0.25, 0.3) is 0 Å². The largest absolute Gasteiger partial charge is 0.467 e. The van der Waals surface area contributed by atoms with Gasteiger partial charge in [0, 0.05) is 6.42 Å². The zero-order chi connectivity index (χ0) is 9.84. The second-order valence-electron chi connectivity index (χ2n) is 2.87. The van der Waals surface area contributed by atoms with Crippen LogP contribution >= 0.6 is 0 Å². The minimum absolute atomic E-state index is 0.0924. The Morgan fingerprint density at radius 2 is 2.46 bits per heavy atom. The molecule has 0 aromatic carbocycles. The van der Waals surface area contributed by atoms with Crippen LogP contribution in [0.3, 0.4) is 0 Å². The molecule has 1 aliphatic heterocycles. The Morgan fingerprint density at radius 3 is 3.00 bits per heavy atom. The zero-order valence-corrected chi connectivity index (χ0v) is 7.36. The molecule has 1 saturated heterocycles. The van der Waals surface area contributed by atoms with Crippen LogP contribution in [0.2, 0.25) is 0 Å². The Kier molecular flexibility index (Phi) is 3.39. The lowest BCUT2D eigenvalue weighted by Gasteiger charge is -2.23. The fourth-order valence-corrected chi connectivity index (χ4v) is 1.21. The lowest BCUT2D eigenvalue weighted by atomic mass is 9.94. The van der Waals surface area contributed by atoms with Crippen molar-refractivity contribution in [2.45, 2.75) is 12.5 Å². The van der Waals surface area contributed by atoms with E-state index in [0.717, 1.165) is 0 Å². The first kappa shape index (κ1) is 10.1. The molecule has 5 heteroatoms. The molecule has 0 aromatic heterocycles. The Hall–Kier alpha value is -0.940. The first-order valence-corrected chi connectivity index (χ1v) is 4.03. The Balaban J connectivity index is 2.58. The number of Topliss-reactive ketones (excluding diaryl/α,β-unsaturated/α-hetero) is 1. The van der Waals surface area contributed by atoms with Gasteiger partial charge in [-0.25, -0.2) is 4.79 Å². The van der Waals surface area contributed by atoms with Gasteiger partial charge in [-0.05, 0) is 0 Å². The smallest absolute Gasteiger partial charge is 0.335 e. The van der Waals surface area contributed by atoms with Crippen LogP contribution in [0.4, 0.5) is 0 Å². The van der Waals surface area contributed by atoms with E-state index < -0.39 is 18.0 Å². The van der Waals surface area contributed by atoms with Gasteiger partial charge in [-0.3, -0.25) is 4.79 Å². The van der Waals surface area contributed by atoms with Crippen molar-refractivity contribution in [1.29, 1.82) is 0 Å². The fraction of sp³-hybridized carbons (Fsp3) is 0.750. The van der Waals surface area contributed by atoms with Crippen molar-refractivity contribution in [3.8, 4) is 0 Å². The van der Waals surface area contributed by atoms with Crippen molar-refractivity contribution in [2.24, 2.45) is 5.92 Å². The summed E-state index contributed by atoms with van der Waals surface area (Å²) >= 11 is 0. The van der Waals surface area contributed by atoms with Crippen molar-refractivity contribution < 1.29 is 24.2 Å². The summed E-state index contributed by atoms with van der Waals surface area (Å²) in [6.07, 6.45) is -1.14. The van der Waals surface area contributed by atoms with E-state index in [1.165, 1.54) is 7.11 Å². The van der Waals surface area contributed by atoms with Gasteiger partial charge in [-0.2, -0.15) is 0 Å². The number of esters is 1. The van der Waals surface area contributed by atoms with Crippen LogP contribution in [-0.4, -0.2) is 43.3 Å². The van der Waals surface area contributed by atoms with Gasteiger partial charge in [-0.1, -0.05) is 0 Å². The summed E-state index contributed by atoms with van der Waals surface area (Å²) in [5, 5.41) is 9.34. The van der Waals surface area contributed by atoms with E-state index in [0.29, 0.717) is 6.61 Å². The van der Waals surface area contributed by atoms with E-state index in [1.54, 1.807) is 0 Å². The maximum atomic E-state index is 11.2. The molecule has 0 radical (unpaired) electrons. The molecule has 1 fully saturated rings.